The molecule has 0 aromatic heterocycles. The summed E-state index contributed by atoms with van der Waals surface area (Å²) in [6.45, 7) is 3.44. The first-order chi connectivity index (χ1) is 14.9. The standard InChI is InChI=1S/C25H33N3O3/c1-16-20(23(30)28-7-2-3-8-28)5-4-6-21(16)27-22(29)15-26-24(31)25-12-17-9-18(13-25)11-19(10-17)14-25/h4-6,17-19H,2-3,7-15H2,1H3,(H,26,31)(H,27,29). The minimum Gasteiger partial charge on any atom is -0.347 e. The maximum Gasteiger partial charge on any atom is 0.254 e. The van der Waals surface area contributed by atoms with Crippen LogP contribution in [0.4, 0.5) is 5.69 Å². The molecule has 0 radical (unpaired) electrons. The molecule has 4 aliphatic carbocycles. The SMILES string of the molecule is Cc1c(NC(=O)CNC(=O)C23CC4CC(CC(C4)C2)C3)cccc1C(=O)N1CCCC1. The molecule has 0 unspecified atom stereocenters. The molecular formula is C25H33N3O3. The topological polar surface area (TPSA) is 78.5 Å². The zero-order chi connectivity index (χ0) is 21.6. The van der Waals surface area contributed by atoms with E-state index in [4.69, 9.17) is 0 Å². The van der Waals surface area contributed by atoms with E-state index in [-0.39, 0.29) is 29.7 Å². The number of hydrogen-bond donors (Lipinski definition) is 2. The van der Waals surface area contributed by atoms with Crippen molar-refractivity contribution in [3.63, 3.8) is 0 Å². The van der Waals surface area contributed by atoms with E-state index < -0.39 is 0 Å². The Morgan fingerprint density at radius 1 is 1.00 bits per heavy atom. The van der Waals surface area contributed by atoms with E-state index in [2.05, 4.69) is 10.6 Å². The summed E-state index contributed by atoms with van der Waals surface area (Å²) in [5.41, 5.74) is 1.81. The number of hydrogen-bond acceptors (Lipinski definition) is 3. The Morgan fingerprint density at radius 2 is 1.61 bits per heavy atom. The minimum absolute atomic E-state index is 0.0235. The number of anilines is 1. The summed E-state index contributed by atoms with van der Waals surface area (Å²) >= 11 is 0. The molecule has 4 saturated carbocycles. The molecule has 5 fully saturated rings. The summed E-state index contributed by atoms with van der Waals surface area (Å²) in [6, 6.07) is 5.44. The lowest BCUT2D eigenvalue weighted by Gasteiger charge is -2.55. The third-order valence-electron chi connectivity index (χ3n) is 8.16. The van der Waals surface area contributed by atoms with Gasteiger partial charge < -0.3 is 15.5 Å². The fraction of sp³-hybridized carbons (Fsp3) is 0.640. The van der Waals surface area contributed by atoms with Crippen molar-refractivity contribution in [1.82, 2.24) is 10.2 Å². The highest BCUT2D eigenvalue weighted by Crippen LogP contribution is 2.60. The van der Waals surface area contributed by atoms with Gasteiger partial charge in [-0.3, -0.25) is 14.4 Å². The van der Waals surface area contributed by atoms with Crippen molar-refractivity contribution in [2.75, 3.05) is 25.0 Å². The third-order valence-corrected chi connectivity index (χ3v) is 8.16. The Morgan fingerprint density at radius 3 is 2.23 bits per heavy atom. The first-order valence-corrected chi connectivity index (χ1v) is 11.9. The molecule has 6 heteroatoms. The van der Waals surface area contributed by atoms with E-state index in [1.165, 1.54) is 19.3 Å². The Hall–Kier alpha value is -2.37. The highest BCUT2D eigenvalue weighted by atomic mass is 16.2. The Labute approximate surface area is 184 Å². The summed E-state index contributed by atoms with van der Waals surface area (Å²) in [7, 11) is 0. The zero-order valence-electron chi connectivity index (χ0n) is 18.4. The van der Waals surface area contributed by atoms with Gasteiger partial charge in [-0.05, 0) is 93.7 Å². The average Bonchev–Trinajstić information content (AvgIpc) is 3.27. The molecule has 0 spiro atoms. The largest absolute Gasteiger partial charge is 0.347 e. The number of nitrogens with zero attached hydrogens (tertiary/aromatic N) is 1. The van der Waals surface area contributed by atoms with Crippen LogP contribution in [-0.4, -0.2) is 42.3 Å². The molecule has 5 aliphatic rings. The van der Waals surface area contributed by atoms with Gasteiger partial charge in [0.15, 0.2) is 0 Å². The molecule has 6 rings (SSSR count). The first-order valence-electron chi connectivity index (χ1n) is 11.9. The maximum absolute atomic E-state index is 13.1. The van der Waals surface area contributed by atoms with Gasteiger partial charge in [0.25, 0.3) is 5.91 Å². The Kier molecular flexibility index (Phi) is 5.27. The van der Waals surface area contributed by atoms with Crippen LogP contribution in [0.15, 0.2) is 18.2 Å². The van der Waals surface area contributed by atoms with Crippen molar-refractivity contribution in [3.8, 4) is 0 Å². The molecule has 1 aromatic rings. The monoisotopic (exact) mass is 423 g/mol. The predicted molar refractivity (Wildman–Crippen MR) is 119 cm³/mol. The van der Waals surface area contributed by atoms with Crippen molar-refractivity contribution < 1.29 is 14.4 Å². The number of carbonyl (C=O) groups excluding carboxylic acids is 3. The zero-order valence-corrected chi connectivity index (χ0v) is 18.4. The summed E-state index contributed by atoms with van der Waals surface area (Å²) in [5.74, 6) is 1.95. The van der Waals surface area contributed by atoms with Crippen molar-refractivity contribution in [1.29, 1.82) is 0 Å². The quantitative estimate of drug-likeness (QED) is 0.761. The van der Waals surface area contributed by atoms with Crippen LogP contribution >= 0.6 is 0 Å². The number of likely N-dealkylation sites (tertiary alicyclic amines) is 1. The van der Waals surface area contributed by atoms with E-state index in [0.29, 0.717) is 29.0 Å². The van der Waals surface area contributed by atoms with Crippen LogP contribution in [0.1, 0.15) is 67.3 Å². The second-order valence-electron chi connectivity index (χ2n) is 10.4. The van der Waals surface area contributed by atoms with E-state index in [0.717, 1.165) is 50.8 Å². The summed E-state index contributed by atoms with van der Waals surface area (Å²) in [4.78, 5) is 40.3. The highest BCUT2D eigenvalue weighted by Gasteiger charge is 2.54. The third kappa shape index (κ3) is 3.85. The second-order valence-corrected chi connectivity index (χ2v) is 10.4. The number of nitrogens with one attached hydrogen (secondary N) is 2. The van der Waals surface area contributed by atoms with Crippen molar-refractivity contribution in [3.05, 3.63) is 29.3 Å². The van der Waals surface area contributed by atoms with Crippen LogP contribution < -0.4 is 10.6 Å². The van der Waals surface area contributed by atoms with E-state index >= 15 is 0 Å². The maximum atomic E-state index is 13.1. The molecule has 1 aromatic carbocycles. The molecule has 1 heterocycles. The fourth-order valence-corrected chi connectivity index (χ4v) is 7.02. The molecule has 2 N–H and O–H groups in total. The summed E-state index contributed by atoms with van der Waals surface area (Å²) in [6.07, 6.45) is 8.94. The molecule has 6 nitrogen and oxygen atoms in total. The van der Waals surface area contributed by atoms with Crippen LogP contribution in [-0.2, 0) is 9.59 Å². The van der Waals surface area contributed by atoms with Gasteiger partial charge in [-0.25, -0.2) is 0 Å². The Balaban J connectivity index is 1.20. The molecular weight excluding hydrogens is 390 g/mol. The second kappa shape index (κ2) is 7.95. The van der Waals surface area contributed by atoms with Crippen LogP contribution in [0.3, 0.4) is 0 Å². The highest BCUT2D eigenvalue weighted by molar-refractivity contribution is 6.00. The molecule has 3 amide bonds. The van der Waals surface area contributed by atoms with Crippen LogP contribution in [0.5, 0.6) is 0 Å². The summed E-state index contributed by atoms with van der Waals surface area (Å²) in [5, 5.41) is 5.84. The van der Waals surface area contributed by atoms with Gasteiger partial charge in [-0.2, -0.15) is 0 Å². The van der Waals surface area contributed by atoms with Gasteiger partial charge >= 0.3 is 0 Å². The van der Waals surface area contributed by atoms with E-state index in [1.54, 1.807) is 6.07 Å². The minimum atomic E-state index is -0.244. The lowest BCUT2D eigenvalue weighted by Crippen LogP contribution is -2.54. The number of benzene rings is 1. The van der Waals surface area contributed by atoms with E-state index in [1.807, 2.05) is 24.0 Å². The number of rotatable bonds is 5. The van der Waals surface area contributed by atoms with Crippen molar-refractivity contribution in [2.45, 2.75) is 58.3 Å². The molecule has 31 heavy (non-hydrogen) atoms. The normalized spacial score (nSPS) is 31.0. The molecule has 4 bridgehead atoms. The van der Waals surface area contributed by atoms with Gasteiger partial charge in [0.2, 0.25) is 11.8 Å². The van der Waals surface area contributed by atoms with Crippen molar-refractivity contribution in [2.24, 2.45) is 23.2 Å². The lowest BCUT2D eigenvalue weighted by atomic mass is 9.49. The van der Waals surface area contributed by atoms with Gasteiger partial charge in [-0.15, -0.1) is 0 Å². The van der Waals surface area contributed by atoms with Gasteiger partial charge in [0.05, 0.1) is 6.54 Å². The van der Waals surface area contributed by atoms with Crippen LogP contribution in [0, 0.1) is 30.1 Å². The summed E-state index contributed by atoms with van der Waals surface area (Å²) < 4.78 is 0. The fourth-order valence-electron chi connectivity index (χ4n) is 7.02. The van der Waals surface area contributed by atoms with Crippen LogP contribution in [0.2, 0.25) is 0 Å². The predicted octanol–water partition coefficient (Wildman–Crippen LogP) is 3.50. The molecule has 166 valence electrons. The van der Waals surface area contributed by atoms with Gasteiger partial charge in [0.1, 0.15) is 0 Å². The lowest BCUT2D eigenvalue weighted by molar-refractivity contribution is -0.146. The van der Waals surface area contributed by atoms with Gasteiger partial charge in [0, 0.05) is 29.8 Å². The number of amides is 3. The van der Waals surface area contributed by atoms with Gasteiger partial charge in [-0.1, -0.05) is 6.07 Å². The van der Waals surface area contributed by atoms with Crippen molar-refractivity contribution >= 4 is 23.4 Å². The average molecular weight is 424 g/mol. The molecule has 1 aliphatic heterocycles. The van der Waals surface area contributed by atoms with E-state index in [9.17, 15) is 14.4 Å². The smallest absolute Gasteiger partial charge is 0.254 e. The van der Waals surface area contributed by atoms with Crippen LogP contribution in [0.25, 0.3) is 0 Å². The molecule has 1 saturated heterocycles. The molecule has 0 atom stereocenters. The first kappa shape index (κ1) is 20.5. The number of carbonyl (C=O) groups is 3. The Bertz CT molecular complexity index is 868.